The number of fused-ring (bicyclic) bond motifs is 4. The zero-order chi connectivity index (χ0) is 16.5. The second-order valence-electron chi connectivity index (χ2n) is 8.31. The average Bonchev–Trinajstić information content (AvgIpc) is 3.16. The third-order valence-corrected chi connectivity index (χ3v) is 6.35. The summed E-state index contributed by atoms with van der Waals surface area (Å²) in [4.78, 5) is 0. The van der Waals surface area contributed by atoms with Crippen molar-refractivity contribution in [2.45, 2.75) is 76.3 Å². The van der Waals surface area contributed by atoms with Crippen molar-refractivity contribution in [3.8, 4) is 0 Å². The third-order valence-electron chi connectivity index (χ3n) is 6.35. The maximum atomic E-state index is 6.41. The number of ether oxygens (including phenoxy) is 2. The van der Waals surface area contributed by atoms with E-state index in [9.17, 15) is 0 Å². The third kappa shape index (κ3) is 3.79. The monoisotopic (exact) mass is 338 g/mol. The van der Waals surface area contributed by atoms with Gasteiger partial charge in [0.15, 0.2) is 0 Å². The smallest absolute Gasteiger partial charge is 0.0583 e. The highest BCUT2D eigenvalue weighted by atomic mass is 16.5. The minimum atomic E-state index is 0.281. The minimum Gasteiger partial charge on any atom is -0.378 e. The highest BCUT2D eigenvalue weighted by Gasteiger charge is 2.45. The first kappa shape index (κ1) is 17.2. The highest BCUT2D eigenvalue weighted by Crippen LogP contribution is 2.36. The summed E-state index contributed by atoms with van der Waals surface area (Å²) in [5.41, 5.74) is 10.8. The van der Waals surface area contributed by atoms with Gasteiger partial charge in [-0.3, -0.25) is 16.3 Å². The molecule has 24 heavy (non-hydrogen) atoms. The maximum Gasteiger partial charge on any atom is 0.0583 e. The average molecular weight is 338 g/mol. The van der Waals surface area contributed by atoms with Gasteiger partial charge in [0, 0.05) is 44.2 Å². The molecule has 0 radical (unpaired) electrons. The maximum absolute atomic E-state index is 6.41. The van der Waals surface area contributed by atoms with Gasteiger partial charge in [-0.25, -0.2) is 5.01 Å². The van der Waals surface area contributed by atoms with E-state index in [0.29, 0.717) is 30.0 Å². The molecule has 0 amide bonds. The van der Waals surface area contributed by atoms with Crippen LogP contribution in [0.2, 0.25) is 0 Å². The van der Waals surface area contributed by atoms with Crippen molar-refractivity contribution in [1.29, 1.82) is 0 Å². The summed E-state index contributed by atoms with van der Waals surface area (Å²) >= 11 is 0. The molecule has 1 aliphatic carbocycles. The molecule has 4 aliphatic rings. The predicted molar refractivity (Wildman–Crippen MR) is 93.2 cm³/mol. The topological polar surface area (TPSA) is 57.8 Å². The van der Waals surface area contributed by atoms with Crippen LogP contribution < -0.4 is 16.3 Å². The molecule has 3 saturated heterocycles. The van der Waals surface area contributed by atoms with E-state index >= 15 is 0 Å². The van der Waals surface area contributed by atoms with Gasteiger partial charge >= 0.3 is 0 Å². The molecule has 8 atom stereocenters. The van der Waals surface area contributed by atoms with Crippen LogP contribution in [0.5, 0.6) is 0 Å². The molecule has 4 bridgehead atoms. The molecule has 4 fully saturated rings. The number of hydrogen-bond donors (Lipinski definition) is 3. The van der Waals surface area contributed by atoms with Gasteiger partial charge in [0.2, 0.25) is 0 Å². The molecule has 1 saturated carbocycles. The number of nitrogens with one attached hydrogen (secondary N) is 3. The first-order chi connectivity index (χ1) is 11.7. The fourth-order valence-corrected chi connectivity index (χ4v) is 5.17. The Hall–Kier alpha value is -0.240. The van der Waals surface area contributed by atoms with Gasteiger partial charge in [-0.05, 0) is 51.9 Å². The lowest BCUT2D eigenvalue weighted by Crippen LogP contribution is -2.42. The molecule has 3 N–H and O–H groups in total. The SMILES string of the molecule is C[C@@H]1C[C@@H](C)OC2CCC3NNC(C4CNN(CCCO1)C4)C3C2. The number of nitrogens with zero attached hydrogens (tertiary/aromatic N) is 1. The number of hydrogen-bond acceptors (Lipinski definition) is 6. The first-order valence-corrected chi connectivity index (χ1v) is 9.95. The van der Waals surface area contributed by atoms with Crippen LogP contribution in [0.1, 0.15) is 46.0 Å². The Bertz CT molecular complexity index is 424. The zero-order valence-corrected chi connectivity index (χ0v) is 15.2. The summed E-state index contributed by atoms with van der Waals surface area (Å²) in [5, 5.41) is 2.40. The van der Waals surface area contributed by atoms with Gasteiger partial charge in [-0.2, -0.15) is 0 Å². The molecule has 6 unspecified atom stereocenters. The Labute approximate surface area is 145 Å². The predicted octanol–water partition coefficient (Wildman–Crippen LogP) is 1.04. The Kier molecular flexibility index (Phi) is 5.41. The van der Waals surface area contributed by atoms with Crippen molar-refractivity contribution >= 4 is 0 Å². The second-order valence-corrected chi connectivity index (χ2v) is 8.31. The van der Waals surface area contributed by atoms with Crippen LogP contribution in [0.15, 0.2) is 0 Å². The van der Waals surface area contributed by atoms with Gasteiger partial charge in [-0.1, -0.05) is 0 Å². The summed E-state index contributed by atoms with van der Waals surface area (Å²) in [6.45, 7) is 8.53. The summed E-state index contributed by atoms with van der Waals surface area (Å²) in [6, 6.07) is 1.19. The molecule has 0 aromatic rings. The van der Waals surface area contributed by atoms with Gasteiger partial charge in [-0.15, -0.1) is 0 Å². The van der Waals surface area contributed by atoms with E-state index in [0.717, 1.165) is 39.1 Å². The van der Waals surface area contributed by atoms with E-state index in [1.807, 2.05) is 0 Å². The highest BCUT2D eigenvalue weighted by molar-refractivity contribution is 5.00. The van der Waals surface area contributed by atoms with E-state index < -0.39 is 0 Å². The summed E-state index contributed by atoms with van der Waals surface area (Å²) in [5.74, 6) is 1.37. The van der Waals surface area contributed by atoms with Crippen LogP contribution >= 0.6 is 0 Å². The van der Waals surface area contributed by atoms with Crippen molar-refractivity contribution in [2.24, 2.45) is 11.8 Å². The van der Waals surface area contributed by atoms with Crippen molar-refractivity contribution < 1.29 is 9.47 Å². The molecular weight excluding hydrogens is 304 g/mol. The lowest BCUT2D eigenvalue weighted by Gasteiger charge is -2.36. The lowest BCUT2D eigenvalue weighted by atomic mass is 9.76. The van der Waals surface area contributed by atoms with E-state index in [1.54, 1.807) is 0 Å². The molecular formula is C18H34N4O2. The molecule has 0 spiro atoms. The zero-order valence-electron chi connectivity index (χ0n) is 15.2. The first-order valence-electron chi connectivity index (χ1n) is 9.95. The molecule has 3 heterocycles. The van der Waals surface area contributed by atoms with Crippen LogP contribution in [-0.4, -0.2) is 61.6 Å². The van der Waals surface area contributed by atoms with Crippen LogP contribution in [0.25, 0.3) is 0 Å². The number of hydrazine groups is 2. The molecule has 0 aromatic heterocycles. The van der Waals surface area contributed by atoms with Crippen molar-refractivity contribution in [1.82, 2.24) is 21.3 Å². The van der Waals surface area contributed by atoms with E-state index in [-0.39, 0.29) is 12.2 Å². The van der Waals surface area contributed by atoms with Crippen LogP contribution in [0.3, 0.4) is 0 Å². The Balaban J connectivity index is 1.46. The molecule has 138 valence electrons. The quantitative estimate of drug-likeness (QED) is 0.614. The fraction of sp³-hybridized carbons (Fsp3) is 1.00. The van der Waals surface area contributed by atoms with Gasteiger partial charge in [0.1, 0.15) is 0 Å². The van der Waals surface area contributed by atoms with Gasteiger partial charge < -0.3 is 9.47 Å². The van der Waals surface area contributed by atoms with Crippen LogP contribution in [0, 0.1) is 11.8 Å². The molecule has 4 rings (SSSR count). The van der Waals surface area contributed by atoms with Crippen molar-refractivity contribution in [2.75, 3.05) is 26.2 Å². The van der Waals surface area contributed by atoms with Gasteiger partial charge in [0.25, 0.3) is 0 Å². The van der Waals surface area contributed by atoms with E-state index in [4.69, 9.17) is 9.47 Å². The fourth-order valence-electron chi connectivity index (χ4n) is 5.17. The molecule has 0 aromatic carbocycles. The molecule has 6 heteroatoms. The summed E-state index contributed by atoms with van der Waals surface area (Å²) in [7, 11) is 0. The van der Waals surface area contributed by atoms with E-state index in [1.165, 1.54) is 19.3 Å². The normalized spacial score (nSPS) is 50.2. The van der Waals surface area contributed by atoms with Gasteiger partial charge in [0.05, 0.1) is 18.3 Å². The summed E-state index contributed by atoms with van der Waals surface area (Å²) in [6.07, 6.45) is 6.65. The second kappa shape index (κ2) is 7.56. The lowest BCUT2D eigenvalue weighted by molar-refractivity contribution is -0.0611. The molecule has 3 aliphatic heterocycles. The standard InChI is InChI=1S/C18H34N4O2/c1-12-8-13(2)24-15-4-5-17-16(9-15)18(21-20-17)14-10-19-22(11-14)6-3-7-23-12/h12-21H,3-11H2,1-2H3/t12-,13-,14?,15?,16?,17?,18?/m1/s1. The minimum absolute atomic E-state index is 0.281. The van der Waals surface area contributed by atoms with Crippen molar-refractivity contribution in [3.63, 3.8) is 0 Å². The Morgan fingerprint density at radius 2 is 1.96 bits per heavy atom. The van der Waals surface area contributed by atoms with Crippen LogP contribution in [0.4, 0.5) is 0 Å². The Morgan fingerprint density at radius 1 is 1.04 bits per heavy atom. The molecule has 6 nitrogen and oxygen atoms in total. The largest absolute Gasteiger partial charge is 0.378 e. The Morgan fingerprint density at radius 3 is 2.88 bits per heavy atom. The van der Waals surface area contributed by atoms with E-state index in [2.05, 4.69) is 35.1 Å². The van der Waals surface area contributed by atoms with Crippen molar-refractivity contribution in [3.05, 3.63) is 0 Å². The summed E-state index contributed by atoms with van der Waals surface area (Å²) < 4.78 is 12.4. The van der Waals surface area contributed by atoms with Crippen LogP contribution in [-0.2, 0) is 9.47 Å². The number of rotatable bonds is 0.